The Morgan fingerprint density at radius 3 is 2.59 bits per heavy atom. The maximum Gasteiger partial charge on any atom is 0.218 e. The number of nitrogens with zero attached hydrogens (tertiary/aromatic N) is 2. The average molecular weight is 238 g/mol. The number of nitrogen functional groups attached to an aromatic ring is 1. The van der Waals surface area contributed by atoms with Crippen molar-refractivity contribution in [3.63, 3.8) is 0 Å². The number of anilines is 1. The number of aryl methyl sites for hydroxylation is 1. The van der Waals surface area contributed by atoms with Gasteiger partial charge >= 0.3 is 0 Å². The minimum Gasteiger partial charge on any atom is -0.478 e. The van der Waals surface area contributed by atoms with E-state index in [1.165, 1.54) is 0 Å². The van der Waals surface area contributed by atoms with Crippen molar-refractivity contribution in [1.29, 1.82) is 0 Å². The van der Waals surface area contributed by atoms with Crippen LogP contribution < -0.4 is 16.0 Å². The van der Waals surface area contributed by atoms with Gasteiger partial charge < -0.3 is 10.2 Å². The minimum absolute atomic E-state index is 0.259. The molecule has 1 heterocycles. The highest BCUT2D eigenvalue weighted by molar-refractivity contribution is 5.36. The maximum absolute atomic E-state index is 5.62. The Morgan fingerprint density at radius 1 is 1.35 bits per heavy atom. The van der Waals surface area contributed by atoms with Crippen molar-refractivity contribution >= 4 is 5.82 Å². The number of ether oxygens (including phenoxy) is 1. The second-order valence-electron chi connectivity index (χ2n) is 5.16. The van der Waals surface area contributed by atoms with Crippen molar-refractivity contribution in [2.75, 3.05) is 12.0 Å². The van der Waals surface area contributed by atoms with Crippen LogP contribution in [0.15, 0.2) is 6.07 Å². The predicted molar refractivity (Wildman–Crippen MR) is 68.8 cm³/mol. The molecule has 0 fully saturated rings. The summed E-state index contributed by atoms with van der Waals surface area (Å²) in [6.45, 7) is 9.18. The highest BCUT2D eigenvalue weighted by Gasteiger charge is 2.11. The molecule has 1 aromatic heterocycles. The summed E-state index contributed by atoms with van der Waals surface area (Å²) in [6.07, 6.45) is 1.73. The molecule has 1 rings (SSSR count). The van der Waals surface area contributed by atoms with Gasteiger partial charge in [-0.05, 0) is 11.8 Å². The van der Waals surface area contributed by atoms with Gasteiger partial charge in [0.15, 0.2) is 0 Å². The van der Waals surface area contributed by atoms with Gasteiger partial charge in [0.2, 0.25) is 5.88 Å². The van der Waals surface area contributed by atoms with E-state index < -0.39 is 0 Å². The van der Waals surface area contributed by atoms with Crippen molar-refractivity contribution in [2.45, 2.75) is 40.5 Å². The third kappa shape index (κ3) is 4.99. The molecule has 0 radical (unpaired) electrons. The summed E-state index contributed by atoms with van der Waals surface area (Å²) in [4.78, 5) is 8.49. The molecule has 0 bridgehead atoms. The fourth-order valence-electron chi connectivity index (χ4n) is 1.24. The highest BCUT2D eigenvalue weighted by Crippen LogP contribution is 2.19. The first-order valence-corrected chi connectivity index (χ1v) is 5.92. The molecule has 0 aliphatic heterocycles. The molecule has 5 nitrogen and oxygen atoms in total. The van der Waals surface area contributed by atoms with Crippen molar-refractivity contribution in [3.8, 4) is 5.88 Å². The van der Waals surface area contributed by atoms with Gasteiger partial charge in [-0.25, -0.2) is 10.8 Å². The molecular weight excluding hydrogens is 216 g/mol. The topological polar surface area (TPSA) is 73.1 Å². The standard InChI is InChI=1S/C12H22N4O/c1-5-9-14-10(16-13)8-11(15-9)17-7-6-12(2,3)4/h8H,5-7,13H2,1-4H3,(H,14,15,16). The SMILES string of the molecule is CCc1nc(NN)cc(OCCC(C)(C)C)n1. The van der Waals surface area contributed by atoms with Gasteiger partial charge in [-0.3, -0.25) is 0 Å². The maximum atomic E-state index is 5.62. The van der Waals surface area contributed by atoms with Crippen LogP contribution in [0.25, 0.3) is 0 Å². The van der Waals surface area contributed by atoms with E-state index in [-0.39, 0.29) is 5.41 Å². The molecule has 96 valence electrons. The third-order valence-electron chi connectivity index (χ3n) is 2.32. The number of hydrogen-bond donors (Lipinski definition) is 2. The molecule has 0 unspecified atom stereocenters. The molecule has 0 amide bonds. The van der Waals surface area contributed by atoms with Gasteiger partial charge in [0.1, 0.15) is 11.6 Å². The van der Waals surface area contributed by atoms with Crippen LogP contribution in [-0.4, -0.2) is 16.6 Å². The lowest BCUT2D eigenvalue weighted by molar-refractivity contribution is 0.235. The lowest BCUT2D eigenvalue weighted by Crippen LogP contribution is -2.14. The van der Waals surface area contributed by atoms with Gasteiger partial charge in [0, 0.05) is 12.5 Å². The predicted octanol–water partition coefficient (Wildman–Crippen LogP) is 2.14. The van der Waals surface area contributed by atoms with Gasteiger partial charge in [-0.1, -0.05) is 27.7 Å². The summed E-state index contributed by atoms with van der Waals surface area (Å²) >= 11 is 0. The molecule has 17 heavy (non-hydrogen) atoms. The van der Waals surface area contributed by atoms with Gasteiger partial charge in [0.05, 0.1) is 6.61 Å². The Hall–Kier alpha value is -1.36. The summed E-state index contributed by atoms with van der Waals surface area (Å²) < 4.78 is 5.62. The zero-order valence-corrected chi connectivity index (χ0v) is 11.1. The fraction of sp³-hybridized carbons (Fsp3) is 0.667. The second kappa shape index (κ2) is 5.82. The smallest absolute Gasteiger partial charge is 0.218 e. The fourth-order valence-corrected chi connectivity index (χ4v) is 1.24. The zero-order valence-electron chi connectivity index (χ0n) is 11.1. The molecule has 0 aliphatic rings. The molecule has 1 aromatic rings. The zero-order chi connectivity index (χ0) is 12.9. The molecule has 0 saturated carbocycles. The van der Waals surface area contributed by atoms with Crippen molar-refractivity contribution in [3.05, 3.63) is 11.9 Å². The number of nitrogens with two attached hydrogens (primary N) is 1. The van der Waals surface area contributed by atoms with E-state index in [9.17, 15) is 0 Å². The van der Waals surface area contributed by atoms with E-state index >= 15 is 0 Å². The Morgan fingerprint density at radius 2 is 2.06 bits per heavy atom. The van der Waals surface area contributed by atoms with Crippen LogP contribution in [0.5, 0.6) is 5.88 Å². The lowest BCUT2D eigenvalue weighted by atomic mass is 9.93. The molecule has 0 atom stereocenters. The number of rotatable bonds is 5. The number of nitrogens with one attached hydrogen (secondary N) is 1. The molecular formula is C12H22N4O. The Bertz CT molecular complexity index is 338. The van der Waals surface area contributed by atoms with E-state index in [2.05, 4.69) is 36.2 Å². The van der Waals surface area contributed by atoms with E-state index in [1.54, 1.807) is 6.07 Å². The van der Waals surface area contributed by atoms with Crippen molar-refractivity contribution in [2.24, 2.45) is 11.3 Å². The van der Waals surface area contributed by atoms with Crippen LogP contribution in [0.2, 0.25) is 0 Å². The Balaban J connectivity index is 2.64. The molecule has 0 aromatic carbocycles. The monoisotopic (exact) mass is 238 g/mol. The second-order valence-corrected chi connectivity index (χ2v) is 5.16. The van der Waals surface area contributed by atoms with Crippen molar-refractivity contribution < 1.29 is 4.74 Å². The van der Waals surface area contributed by atoms with E-state index in [4.69, 9.17) is 10.6 Å². The molecule has 3 N–H and O–H groups in total. The largest absolute Gasteiger partial charge is 0.478 e. The quantitative estimate of drug-likeness (QED) is 0.607. The highest BCUT2D eigenvalue weighted by atomic mass is 16.5. The van der Waals surface area contributed by atoms with E-state index in [0.717, 1.165) is 18.7 Å². The van der Waals surface area contributed by atoms with Gasteiger partial charge in [-0.2, -0.15) is 4.98 Å². The first-order valence-electron chi connectivity index (χ1n) is 5.92. The van der Waals surface area contributed by atoms with E-state index in [0.29, 0.717) is 18.3 Å². The van der Waals surface area contributed by atoms with Crippen LogP contribution >= 0.6 is 0 Å². The van der Waals surface area contributed by atoms with Crippen LogP contribution in [0.3, 0.4) is 0 Å². The minimum atomic E-state index is 0.259. The Kier molecular flexibility index (Phi) is 4.69. The first kappa shape index (κ1) is 13.7. The normalized spacial score (nSPS) is 11.4. The van der Waals surface area contributed by atoms with E-state index in [1.807, 2.05) is 6.92 Å². The van der Waals surface area contributed by atoms with Crippen molar-refractivity contribution in [1.82, 2.24) is 9.97 Å². The summed E-state index contributed by atoms with van der Waals surface area (Å²) in [6, 6.07) is 1.71. The van der Waals surface area contributed by atoms with Crippen LogP contribution in [0, 0.1) is 5.41 Å². The summed E-state index contributed by atoms with van der Waals surface area (Å²) in [5, 5.41) is 0. The summed E-state index contributed by atoms with van der Waals surface area (Å²) in [7, 11) is 0. The molecule has 0 saturated heterocycles. The molecule has 5 heteroatoms. The van der Waals surface area contributed by atoms with Crippen LogP contribution in [-0.2, 0) is 6.42 Å². The summed E-state index contributed by atoms with van der Waals surface area (Å²) in [5.74, 6) is 7.24. The third-order valence-corrected chi connectivity index (χ3v) is 2.32. The molecule has 0 aliphatic carbocycles. The van der Waals surface area contributed by atoms with Gasteiger partial charge in [-0.15, -0.1) is 0 Å². The van der Waals surface area contributed by atoms with Gasteiger partial charge in [0.25, 0.3) is 0 Å². The summed E-state index contributed by atoms with van der Waals surface area (Å²) in [5.41, 5.74) is 2.78. The number of aromatic nitrogens is 2. The Labute approximate surface area is 103 Å². The average Bonchev–Trinajstić information content (AvgIpc) is 2.26. The van der Waals surface area contributed by atoms with Crippen LogP contribution in [0.4, 0.5) is 5.82 Å². The lowest BCUT2D eigenvalue weighted by Gasteiger charge is -2.18. The van der Waals surface area contributed by atoms with Crippen LogP contribution in [0.1, 0.15) is 39.9 Å². The number of hydrazine groups is 1. The number of hydrogen-bond acceptors (Lipinski definition) is 5. The first-order chi connectivity index (χ1) is 7.94. The molecule has 0 spiro atoms.